The van der Waals surface area contributed by atoms with E-state index in [0.29, 0.717) is 23.9 Å². The van der Waals surface area contributed by atoms with E-state index < -0.39 is 0 Å². The lowest BCUT2D eigenvalue weighted by molar-refractivity contribution is -0.109. The Kier molecular flexibility index (Phi) is 4.40. The number of hydrogen-bond acceptors (Lipinski definition) is 5. The van der Waals surface area contributed by atoms with Gasteiger partial charge in [0.05, 0.1) is 6.20 Å². The molecule has 2 aromatic heterocycles. The summed E-state index contributed by atoms with van der Waals surface area (Å²) in [5.41, 5.74) is 4.41. The summed E-state index contributed by atoms with van der Waals surface area (Å²) < 4.78 is 1.79. The van der Waals surface area contributed by atoms with Crippen LogP contribution in [0.2, 0.25) is 0 Å². The van der Waals surface area contributed by atoms with Crippen molar-refractivity contribution in [1.82, 2.24) is 24.3 Å². The van der Waals surface area contributed by atoms with Crippen molar-refractivity contribution < 1.29 is 4.79 Å². The molecule has 7 heteroatoms. The zero-order valence-electron chi connectivity index (χ0n) is 17.1. The third-order valence-electron chi connectivity index (χ3n) is 5.64. The van der Waals surface area contributed by atoms with Gasteiger partial charge in [0.15, 0.2) is 11.5 Å². The van der Waals surface area contributed by atoms with Crippen molar-refractivity contribution in [3.8, 4) is 11.4 Å². The van der Waals surface area contributed by atoms with E-state index in [1.165, 1.54) is 18.4 Å². The number of nitrogens with zero attached hydrogens (tertiary/aromatic N) is 6. The van der Waals surface area contributed by atoms with E-state index in [-0.39, 0.29) is 10.4 Å². The molecule has 2 aliphatic rings. The number of ketones is 1. The summed E-state index contributed by atoms with van der Waals surface area (Å²) in [5.74, 6) is 1.26. The van der Waals surface area contributed by atoms with Gasteiger partial charge in [0.25, 0.3) is 0 Å². The van der Waals surface area contributed by atoms with Crippen molar-refractivity contribution in [2.45, 2.75) is 32.1 Å². The second-order valence-electron chi connectivity index (χ2n) is 7.80. The molecule has 1 fully saturated rings. The van der Waals surface area contributed by atoms with Crippen molar-refractivity contribution in [3.63, 3.8) is 0 Å². The van der Waals surface area contributed by atoms with Gasteiger partial charge in [-0.1, -0.05) is 24.2 Å². The van der Waals surface area contributed by atoms with E-state index in [2.05, 4.69) is 15.1 Å². The SMILES string of the molecule is CCC1=N[N+](c2cccc(-c3ncc(C4CC4)cn3)c2)(c2cnn(C)c2)C=CC1=O. The first-order valence-electron chi connectivity index (χ1n) is 10.2. The molecule has 3 aromatic rings. The number of quaternary nitrogens is 1. The monoisotopic (exact) mass is 399 g/mol. The summed E-state index contributed by atoms with van der Waals surface area (Å²) in [6.45, 7) is 1.94. The number of carbonyl (C=O) groups excluding carboxylic acids is 1. The lowest BCUT2D eigenvalue weighted by Crippen LogP contribution is -2.38. The average molecular weight is 399 g/mol. The molecule has 7 nitrogen and oxygen atoms in total. The maximum absolute atomic E-state index is 12.3. The fraction of sp³-hybridized carbons (Fsp3) is 0.261. The van der Waals surface area contributed by atoms with Crippen LogP contribution < -0.4 is 4.59 Å². The maximum atomic E-state index is 12.3. The number of rotatable bonds is 5. The number of carbonyl (C=O) groups is 1. The summed E-state index contributed by atoms with van der Waals surface area (Å²) in [4.78, 5) is 21.5. The minimum Gasteiger partial charge on any atom is -0.287 e. The predicted molar refractivity (Wildman–Crippen MR) is 116 cm³/mol. The molecule has 1 saturated carbocycles. The summed E-state index contributed by atoms with van der Waals surface area (Å²) in [5, 5.41) is 9.20. The normalized spacial score (nSPS) is 21.0. The Balaban J connectivity index is 1.62. The highest BCUT2D eigenvalue weighted by molar-refractivity contribution is 6.44. The molecule has 1 unspecified atom stereocenters. The van der Waals surface area contributed by atoms with Gasteiger partial charge < -0.3 is 0 Å². The smallest absolute Gasteiger partial charge is 0.210 e. The Labute approximate surface area is 175 Å². The van der Waals surface area contributed by atoms with Crippen LogP contribution in [0.25, 0.3) is 11.4 Å². The molecule has 5 rings (SSSR count). The first kappa shape index (κ1) is 18.6. The van der Waals surface area contributed by atoms with Crippen LogP contribution >= 0.6 is 0 Å². The molecule has 0 N–H and O–H groups in total. The van der Waals surface area contributed by atoms with E-state index in [0.717, 1.165) is 16.9 Å². The van der Waals surface area contributed by atoms with Crippen molar-refractivity contribution in [2.24, 2.45) is 12.1 Å². The highest BCUT2D eigenvalue weighted by Gasteiger charge is 2.38. The Morgan fingerprint density at radius 3 is 2.60 bits per heavy atom. The molecular formula is C23H23N6O+. The molecule has 30 heavy (non-hydrogen) atoms. The Bertz CT molecular complexity index is 1170. The molecule has 0 spiro atoms. The topological polar surface area (TPSA) is 73.0 Å². The number of allylic oxidation sites excluding steroid dienone is 1. The summed E-state index contributed by atoms with van der Waals surface area (Å²) >= 11 is 0. The minimum absolute atomic E-state index is 0.0507. The van der Waals surface area contributed by atoms with E-state index >= 15 is 0 Å². The minimum atomic E-state index is -0.0507. The molecule has 0 saturated heterocycles. The third kappa shape index (κ3) is 3.17. The predicted octanol–water partition coefficient (Wildman–Crippen LogP) is 4.26. The van der Waals surface area contributed by atoms with Gasteiger partial charge in [-0.2, -0.15) is 5.10 Å². The molecule has 0 amide bonds. The summed E-state index contributed by atoms with van der Waals surface area (Å²) in [6.07, 6.45) is 14.0. The van der Waals surface area contributed by atoms with E-state index in [1.54, 1.807) is 17.0 Å². The average Bonchev–Trinajstić information content (AvgIpc) is 3.55. The van der Waals surface area contributed by atoms with Gasteiger partial charge >= 0.3 is 0 Å². The van der Waals surface area contributed by atoms with Crippen LogP contribution in [0.1, 0.15) is 37.7 Å². The van der Waals surface area contributed by atoms with Crippen molar-refractivity contribution in [3.05, 3.63) is 66.9 Å². The Hall–Kier alpha value is -3.45. The van der Waals surface area contributed by atoms with Gasteiger partial charge in [0.2, 0.25) is 11.5 Å². The van der Waals surface area contributed by atoms with Gasteiger partial charge in [0, 0.05) is 43.2 Å². The lowest BCUT2D eigenvalue weighted by Gasteiger charge is -2.28. The quantitative estimate of drug-likeness (QED) is 0.601. The number of aromatic nitrogens is 4. The fourth-order valence-corrected chi connectivity index (χ4v) is 3.78. The molecule has 1 aromatic carbocycles. The molecule has 0 bridgehead atoms. The number of hydrogen-bond donors (Lipinski definition) is 0. The van der Waals surface area contributed by atoms with Gasteiger partial charge in [0.1, 0.15) is 18.1 Å². The zero-order valence-corrected chi connectivity index (χ0v) is 17.1. The summed E-state index contributed by atoms with van der Waals surface area (Å²) in [6, 6.07) is 8.02. The highest BCUT2D eigenvalue weighted by atomic mass is 16.1. The molecule has 150 valence electrons. The van der Waals surface area contributed by atoms with E-state index in [4.69, 9.17) is 5.10 Å². The maximum Gasteiger partial charge on any atom is 0.210 e. The van der Waals surface area contributed by atoms with Gasteiger partial charge in [-0.15, -0.1) is 4.59 Å². The van der Waals surface area contributed by atoms with Crippen molar-refractivity contribution in [2.75, 3.05) is 0 Å². The Morgan fingerprint density at radius 2 is 1.93 bits per heavy atom. The molecule has 1 atom stereocenters. The summed E-state index contributed by atoms with van der Waals surface area (Å²) in [7, 11) is 1.87. The number of aryl methyl sites for hydroxylation is 1. The van der Waals surface area contributed by atoms with Crippen LogP contribution in [-0.4, -0.2) is 31.2 Å². The number of benzene rings is 1. The van der Waals surface area contributed by atoms with Gasteiger partial charge in [-0.25, -0.2) is 9.97 Å². The van der Waals surface area contributed by atoms with E-state index in [9.17, 15) is 4.79 Å². The Morgan fingerprint density at radius 1 is 1.13 bits per heavy atom. The van der Waals surface area contributed by atoms with E-state index in [1.807, 2.05) is 63.0 Å². The standard InChI is InChI=1S/C23H23N6O/c1-3-21-22(30)9-10-29(27-21,20-14-26-28(2)15-20)19-6-4-5-17(11-19)23-24-12-18(13-25-23)16-7-8-16/h4-6,9-16H,3,7-8H2,1-2H3/q+1. The first-order chi connectivity index (χ1) is 14.6. The van der Waals surface area contributed by atoms with Crippen LogP contribution in [0, 0.1) is 0 Å². The van der Waals surface area contributed by atoms with Crippen LogP contribution in [0.5, 0.6) is 0 Å². The molecule has 3 heterocycles. The second kappa shape index (κ2) is 7.11. The first-order valence-corrected chi connectivity index (χ1v) is 10.2. The molecule has 1 aliphatic heterocycles. The van der Waals surface area contributed by atoms with Crippen LogP contribution in [0.15, 0.2) is 66.4 Å². The third-order valence-corrected chi connectivity index (χ3v) is 5.64. The lowest BCUT2D eigenvalue weighted by atomic mass is 10.1. The van der Waals surface area contributed by atoms with Crippen LogP contribution in [0.3, 0.4) is 0 Å². The molecule has 1 aliphatic carbocycles. The van der Waals surface area contributed by atoms with Crippen molar-refractivity contribution >= 4 is 22.9 Å². The highest BCUT2D eigenvalue weighted by Crippen LogP contribution is 2.41. The molecular weight excluding hydrogens is 376 g/mol. The largest absolute Gasteiger partial charge is 0.287 e. The van der Waals surface area contributed by atoms with Gasteiger partial charge in [-0.05, 0) is 30.7 Å². The zero-order chi connectivity index (χ0) is 20.7. The fourth-order valence-electron chi connectivity index (χ4n) is 3.78. The van der Waals surface area contributed by atoms with Crippen LogP contribution in [0.4, 0.5) is 11.4 Å². The van der Waals surface area contributed by atoms with Gasteiger partial charge in [-0.3, -0.25) is 9.48 Å². The second-order valence-corrected chi connectivity index (χ2v) is 7.80. The van der Waals surface area contributed by atoms with Crippen LogP contribution in [-0.2, 0) is 11.8 Å². The van der Waals surface area contributed by atoms with Crippen molar-refractivity contribution in [1.29, 1.82) is 0 Å². The molecule has 0 radical (unpaired) electrons.